The molecule has 2 saturated heterocycles. The Labute approximate surface area is 143 Å². The average molecular weight is 349 g/mol. The molecule has 134 valence electrons. The van der Waals surface area contributed by atoms with E-state index in [0.29, 0.717) is 6.42 Å². The van der Waals surface area contributed by atoms with Gasteiger partial charge in [-0.1, -0.05) is 18.8 Å². The molecule has 2 aliphatic rings. The van der Waals surface area contributed by atoms with Crippen LogP contribution < -0.4 is 16.6 Å². The molecule has 4 atom stereocenters. The number of nitrogens with one attached hydrogen (secondary N) is 2. The number of ether oxygens (including phenoxy) is 2. The van der Waals surface area contributed by atoms with Crippen molar-refractivity contribution < 1.29 is 19.4 Å². The minimum atomic E-state index is -0.851. The molecule has 2 fully saturated rings. The van der Waals surface area contributed by atoms with Crippen LogP contribution in [0.2, 0.25) is 0 Å². The Morgan fingerprint density at radius 1 is 1.56 bits per heavy atom. The van der Waals surface area contributed by atoms with E-state index in [2.05, 4.69) is 22.1 Å². The van der Waals surface area contributed by atoms with Gasteiger partial charge in [0.15, 0.2) is 6.23 Å². The number of aromatic amines is 1. The number of aliphatic hydroxyl groups is 1. The highest BCUT2D eigenvalue weighted by Gasteiger charge is 2.60. The summed E-state index contributed by atoms with van der Waals surface area (Å²) in [6, 6.07) is 0. The van der Waals surface area contributed by atoms with Gasteiger partial charge in [0.25, 0.3) is 5.56 Å². The molecule has 2 aliphatic heterocycles. The number of hydrogen-bond donors (Lipinski definition) is 3. The lowest BCUT2D eigenvalue weighted by Crippen LogP contribution is -2.41. The summed E-state index contributed by atoms with van der Waals surface area (Å²) >= 11 is 0. The van der Waals surface area contributed by atoms with Gasteiger partial charge in [-0.25, -0.2) is 4.79 Å². The standard InChI is InChI=1S/C16H19N3O6/c1-3-16-8-24-11(12(16)21)14(25-16)19-7-10(13(22)18-15(19)23)5-4-6-17-9(2)20/h7,11-12,14,21H,3,6,8H2,1-2H3,(H,17,20)(H,18,22,23)/t11?,12-,14+,16+/m0/s1. The maximum atomic E-state index is 12.2. The van der Waals surface area contributed by atoms with E-state index < -0.39 is 35.3 Å². The molecule has 1 amide bonds. The first-order valence-corrected chi connectivity index (χ1v) is 7.94. The average Bonchev–Trinajstić information content (AvgIpc) is 3.03. The zero-order valence-electron chi connectivity index (χ0n) is 13.9. The largest absolute Gasteiger partial charge is 0.387 e. The lowest BCUT2D eigenvalue weighted by atomic mass is 9.96. The number of aliphatic hydroxyl groups excluding tert-OH is 1. The first kappa shape index (κ1) is 17.4. The summed E-state index contributed by atoms with van der Waals surface area (Å²) in [7, 11) is 0. The summed E-state index contributed by atoms with van der Waals surface area (Å²) in [4.78, 5) is 37.1. The lowest BCUT2D eigenvalue weighted by molar-refractivity contribution is -0.175. The fourth-order valence-corrected chi connectivity index (χ4v) is 3.04. The van der Waals surface area contributed by atoms with Crippen LogP contribution in [0.4, 0.5) is 0 Å². The highest BCUT2D eigenvalue weighted by atomic mass is 16.6. The van der Waals surface area contributed by atoms with Gasteiger partial charge < -0.3 is 19.9 Å². The van der Waals surface area contributed by atoms with Crippen molar-refractivity contribution >= 4 is 5.91 Å². The third-order valence-corrected chi connectivity index (χ3v) is 4.50. The number of rotatable bonds is 3. The lowest BCUT2D eigenvalue weighted by Gasteiger charge is -2.30. The van der Waals surface area contributed by atoms with Crippen LogP contribution in [-0.2, 0) is 14.3 Å². The summed E-state index contributed by atoms with van der Waals surface area (Å²) in [5.74, 6) is 5.01. The third kappa shape index (κ3) is 3.00. The van der Waals surface area contributed by atoms with E-state index in [1.807, 2.05) is 6.92 Å². The molecule has 3 rings (SSSR count). The number of nitrogens with zero attached hydrogens (tertiary/aromatic N) is 1. The first-order valence-electron chi connectivity index (χ1n) is 7.94. The number of amides is 1. The molecule has 2 bridgehead atoms. The van der Waals surface area contributed by atoms with E-state index >= 15 is 0 Å². The second-order valence-corrected chi connectivity index (χ2v) is 6.07. The number of aromatic nitrogens is 2. The summed E-state index contributed by atoms with van der Waals surface area (Å²) in [6.07, 6.45) is -0.571. The molecule has 1 unspecified atom stereocenters. The monoisotopic (exact) mass is 349 g/mol. The van der Waals surface area contributed by atoms with Crippen molar-refractivity contribution in [1.29, 1.82) is 0 Å². The summed E-state index contributed by atoms with van der Waals surface area (Å²) in [5.41, 5.74) is -2.10. The van der Waals surface area contributed by atoms with Crippen LogP contribution in [0.5, 0.6) is 0 Å². The van der Waals surface area contributed by atoms with Crippen molar-refractivity contribution in [2.24, 2.45) is 0 Å². The van der Waals surface area contributed by atoms with E-state index in [1.165, 1.54) is 17.7 Å². The van der Waals surface area contributed by atoms with Gasteiger partial charge in [0.1, 0.15) is 23.4 Å². The van der Waals surface area contributed by atoms with Crippen molar-refractivity contribution in [3.8, 4) is 11.8 Å². The van der Waals surface area contributed by atoms with E-state index in [1.54, 1.807) is 0 Å². The summed E-state index contributed by atoms with van der Waals surface area (Å²) < 4.78 is 12.6. The van der Waals surface area contributed by atoms with Gasteiger partial charge in [0.2, 0.25) is 5.91 Å². The van der Waals surface area contributed by atoms with Crippen molar-refractivity contribution in [2.45, 2.75) is 44.3 Å². The summed E-state index contributed by atoms with van der Waals surface area (Å²) in [6.45, 7) is 3.56. The minimum absolute atomic E-state index is 0.0522. The Morgan fingerprint density at radius 2 is 2.32 bits per heavy atom. The fraction of sp³-hybridized carbons (Fsp3) is 0.562. The molecule has 1 aromatic rings. The van der Waals surface area contributed by atoms with Gasteiger partial charge in [-0.15, -0.1) is 0 Å². The number of fused-ring (bicyclic) bond motifs is 2. The van der Waals surface area contributed by atoms with Crippen molar-refractivity contribution in [1.82, 2.24) is 14.9 Å². The van der Waals surface area contributed by atoms with Crippen molar-refractivity contribution in [3.63, 3.8) is 0 Å². The van der Waals surface area contributed by atoms with Crippen LogP contribution in [0.3, 0.4) is 0 Å². The normalized spacial score (nSPS) is 30.0. The molecule has 0 aromatic carbocycles. The van der Waals surface area contributed by atoms with Crippen molar-refractivity contribution in [2.75, 3.05) is 13.2 Å². The maximum Gasteiger partial charge on any atom is 0.330 e. The van der Waals surface area contributed by atoms with Crippen LogP contribution in [0, 0.1) is 11.8 Å². The Hall–Kier alpha value is -2.41. The highest BCUT2D eigenvalue weighted by Crippen LogP contribution is 2.46. The van der Waals surface area contributed by atoms with E-state index in [4.69, 9.17) is 9.47 Å². The highest BCUT2D eigenvalue weighted by molar-refractivity contribution is 5.73. The van der Waals surface area contributed by atoms with Gasteiger partial charge >= 0.3 is 5.69 Å². The second kappa shape index (κ2) is 6.48. The Bertz CT molecular complexity index is 863. The quantitative estimate of drug-likeness (QED) is 0.569. The van der Waals surface area contributed by atoms with Crippen LogP contribution in [0.1, 0.15) is 32.1 Å². The molecule has 0 saturated carbocycles. The molecule has 25 heavy (non-hydrogen) atoms. The number of carbonyl (C=O) groups excluding carboxylic acids is 1. The zero-order valence-corrected chi connectivity index (χ0v) is 13.9. The third-order valence-electron chi connectivity index (χ3n) is 4.50. The number of carbonyl (C=O) groups is 1. The van der Waals surface area contributed by atoms with E-state index in [9.17, 15) is 19.5 Å². The molecule has 9 nitrogen and oxygen atoms in total. The first-order chi connectivity index (χ1) is 11.9. The van der Waals surface area contributed by atoms with E-state index in [0.717, 1.165) is 0 Å². The molecule has 1 aromatic heterocycles. The van der Waals surface area contributed by atoms with Gasteiger partial charge in [-0.2, -0.15) is 0 Å². The maximum absolute atomic E-state index is 12.2. The van der Waals surface area contributed by atoms with Crippen LogP contribution in [0.15, 0.2) is 15.8 Å². The molecule has 0 radical (unpaired) electrons. The smallest absolute Gasteiger partial charge is 0.330 e. The SMILES string of the molecule is CC[C@]12COC([C@H](n3cc(C#CCNC(C)=O)c(=O)[nH]c3=O)O1)[C@@H]2O. The molecular weight excluding hydrogens is 330 g/mol. The zero-order chi connectivity index (χ0) is 18.2. The molecule has 3 N–H and O–H groups in total. The minimum Gasteiger partial charge on any atom is -0.387 e. The molecular formula is C16H19N3O6. The van der Waals surface area contributed by atoms with E-state index in [-0.39, 0.29) is 24.6 Å². The van der Waals surface area contributed by atoms with Crippen molar-refractivity contribution in [3.05, 3.63) is 32.6 Å². The predicted molar refractivity (Wildman–Crippen MR) is 85.8 cm³/mol. The molecule has 9 heteroatoms. The molecule has 3 heterocycles. The van der Waals surface area contributed by atoms with Crippen LogP contribution in [-0.4, -0.2) is 51.5 Å². The predicted octanol–water partition coefficient (Wildman–Crippen LogP) is -1.54. The van der Waals surface area contributed by atoms with Gasteiger partial charge in [0.05, 0.1) is 13.2 Å². The molecule has 0 spiro atoms. The van der Waals surface area contributed by atoms with Crippen LogP contribution in [0.25, 0.3) is 0 Å². The topological polar surface area (TPSA) is 123 Å². The fourth-order valence-electron chi connectivity index (χ4n) is 3.04. The van der Waals surface area contributed by atoms with Gasteiger partial charge in [-0.05, 0) is 6.42 Å². The van der Waals surface area contributed by atoms with Gasteiger partial charge in [0, 0.05) is 13.1 Å². The van der Waals surface area contributed by atoms with Gasteiger partial charge in [-0.3, -0.25) is 19.1 Å². The van der Waals surface area contributed by atoms with Crippen LogP contribution >= 0.6 is 0 Å². The Kier molecular flexibility index (Phi) is 4.51. The summed E-state index contributed by atoms with van der Waals surface area (Å²) in [5, 5.41) is 12.8. The molecule has 0 aliphatic carbocycles. The number of H-pyrrole nitrogens is 1. The Balaban J connectivity index is 1.91. The second-order valence-electron chi connectivity index (χ2n) is 6.07. The Morgan fingerprint density at radius 3 is 2.96 bits per heavy atom. The number of hydrogen-bond acceptors (Lipinski definition) is 6.